The molecule has 0 radical (unpaired) electrons. The van der Waals surface area contributed by atoms with Crippen LogP contribution in [0.1, 0.15) is 11.3 Å². The molecule has 0 bridgehead atoms. The minimum Gasteiger partial charge on any atom is -0.353 e. The van der Waals surface area contributed by atoms with Gasteiger partial charge >= 0.3 is 0 Å². The van der Waals surface area contributed by atoms with Crippen LogP contribution in [-0.4, -0.2) is 4.98 Å². The molecule has 0 atom stereocenters. The zero-order chi connectivity index (χ0) is 12.1. The molecule has 0 fully saturated rings. The van der Waals surface area contributed by atoms with Crippen LogP contribution in [0.4, 0.5) is 11.4 Å². The number of aromatic nitrogens is 1. The normalized spacial score (nSPS) is 9.06. The Balaban J connectivity index is 2.32. The van der Waals surface area contributed by atoms with Gasteiger partial charge in [-0.15, -0.1) is 6.42 Å². The standard InChI is InChI=1S/C14H9N3/c1-2-11-5-3-6-12(9-11)17-13-7-4-8-16-14(13)10-15/h1,3-9,17H. The predicted octanol–water partition coefficient (Wildman–Crippen LogP) is 2.68. The maximum Gasteiger partial charge on any atom is 0.163 e. The summed E-state index contributed by atoms with van der Waals surface area (Å²) in [7, 11) is 0. The summed E-state index contributed by atoms with van der Waals surface area (Å²) in [5.74, 6) is 2.56. The molecule has 2 aromatic rings. The molecule has 0 saturated heterocycles. The molecule has 1 heterocycles. The first-order chi connectivity index (χ1) is 8.33. The van der Waals surface area contributed by atoms with Crippen LogP contribution in [0, 0.1) is 23.7 Å². The number of anilines is 2. The van der Waals surface area contributed by atoms with Gasteiger partial charge in [0.15, 0.2) is 5.69 Å². The minimum absolute atomic E-state index is 0.360. The molecule has 1 aromatic carbocycles. The third-order valence-electron chi connectivity index (χ3n) is 2.22. The van der Waals surface area contributed by atoms with Crippen LogP contribution in [0.25, 0.3) is 0 Å². The summed E-state index contributed by atoms with van der Waals surface area (Å²) in [5.41, 5.74) is 2.66. The van der Waals surface area contributed by atoms with Gasteiger partial charge in [-0.2, -0.15) is 5.26 Å². The molecule has 0 spiro atoms. The van der Waals surface area contributed by atoms with E-state index in [1.54, 1.807) is 18.3 Å². The Morgan fingerprint density at radius 2 is 2.12 bits per heavy atom. The highest BCUT2D eigenvalue weighted by atomic mass is 14.9. The second-order valence-electron chi connectivity index (χ2n) is 3.36. The molecule has 0 aliphatic carbocycles. The first-order valence-electron chi connectivity index (χ1n) is 5.02. The van der Waals surface area contributed by atoms with Crippen LogP contribution in [0.5, 0.6) is 0 Å². The lowest BCUT2D eigenvalue weighted by molar-refractivity contribution is 1.26. The van der Waals surface area contributed by atoms with Crippen molar-refractivity contribution in [1.29, 1.82) is 5.26 Å². The SMILES string of the molecule is C#Cc1cccc(Nc2cccnc2C#N)c1. The Kier molecular flexibility index (Phi) is 3.05. The van der Waals surface area contributed by atoms with Gasteiger partial charge in [-0.3, -0.25) is 0 Å². The predicted molar refractivity (Wildman–Crippen MR) is 66.6 cm³/mol. The van der Waals surface area contributed by atoms with Gasteiger partial charge in [-0.1, -0.05) is 12.0 Å². The van der Waals surface area contributed by atoms with Crippen molar-refractivity contribution < 1.29 is 0 Å². The summed E-state index contributed by atoms with van der Waals surface area (Å²) in [6, 6.07) is 13.0. The van der Waals surface area contributed by atoms with Gasteiger partial charge in [-0.25, -0.2) is 4.98 Å². The number of nitrogens with zero attached hydrogens (tertiary/aromatic N) is 2. The molecule has 1 N–H and O–H groups in total. The maximum atomic E-state index is 8.91. The minimum atomic E-state index is 0.360. The van der Waals surface area contributed by atoms with Gasteiger partial charge < -0.3 is 5.32 Å². The van der Waals surface area contributed by atoms with E-state index in [0.717, 1.165) is 11.3 Å². The number of pyridine rings is 1. The Hall–Kier alpha value is -2.78. The van der Waals surface area contributed by atoms with Crippen molar-refractivity contribution in [2.75, 3.05) is 5.32 Å². The topological polar surface area (TPSA) is 48.7 Å². The highest BCUT2D eigenvalue weighted by molar-refractivity contribution is 5.65. The van der Waals surface area contributed by atoms with Crippen LogP contribution in [0.2, 0.25) is 0 Å². The fourth-order valence-electron chi connectivity index (χ4n) is 1.44. The molecular formula is C14H9N3. The van der Waals surface area contributed by atoms with E-state index in [-0.39, 0.29) is 0 Å². The molecule has 3 heteroatoms. The molecule has 0 saturated carbocycles. The van der Waals surface area contributed by atoms with Crippen LogP contribution < -0.4 is 5.32 Å². The van der Waals surface area contributed by atoms with E-state index in [2.05, 4.69) is 16.2 Å². The summed E-state index contributed by atoms with van der Waals surface area (Å²) < 4.78 is 0. The first-order valence-corrected chi connectivity index (χ1v) is 5.02. The number of hydrogen-bond donors (Lipinski definition) is 1. The fraction of sp³-hybridized carbons (Fsp3) is 0. The lowest BCUT2D eigenvalue weighted by atomic mass is 10.2. The van der Waals surface area contributed by atoms with Crippen molar-refractivity contribution in [3.63, 3.8) is 0 Å². The Morgan fingerprint density at radius 1 is 1.24 bits per heavy atom. The number of nitrogens with one attached hydrogen (secondary N) is 1. The van der Waals surface area contributed by atoms with E-state index in [1.807, 2.05) is 30.3 Å². The van der Waals surface area contributed by atoms with Crippen LogP contribution in [0.15, 0.2) is 42.6 Å². The average molecular weight is 219 g/mol. The van der Waals surface area contributed by atoms with Crippen LogP contribution >= 0.6 is 0 Å². The molecule has 80 valence electrons. The third kappa shape index (κ3) is 2.42. The van der Waals surface area contributed by atoms with E-state index in [0.29, 0.717) is 11.4 Å². The van der Waals surface area contributed by atoms with E-state index in [1.165, 1.54) is 0 Å². The molecule has 0 aliphatic rings. The van der Waals surface area contributed by atoms with Crippen molar-refractivity contribution in [3.05, 3.63) is 53.9 Å². The van der Waals surface area contributed by atoms with E-state index in [9.17, 15) is 0 Å². The number of hydrogen-bond acceptors (Lipinski definition) is 3. The lowest BCUT2D eigenvalue weighted by Gasteiger charge is -2.07. The van der Waals surface area contributed by atoms with E-state index < -0.39 is 0 Å². The summed E-state index contributed by atoms with van der Waals surface area (Å²) >= 11 is 0. The molecule has 3 nitrogen and oxygen atoms in total. The van der Waals surface area contributed by atoms with E-state index in [4.69, 9.17) is 11.7 Å². The lowest BCUT2D eigenvalue weighted by Crippen LogP contribution is -1.95. The van der Waals surface area contributed by atoms with Gasteiger partial charge in [0.25, 0.3) is 0 Å². The monoisotopic (exact) mass is 219 g/mol. The summed E-state index contributed by atoms with van der Waals surface area (Å²) in [6.45, 7) is 0. The van der Waals surface area contributed by atoms with Gasteiger partial charge in [0, 0.05) is 17.4 Å². The van der Waals surface area contributed by atoms with Crippen molar-refractivity contribution in [3.8, 4) is 18.4 Å². The molecular weight excluding hydrogens is 210 g/mol. The summed E-state index contributed by atoms with van der Waals surface area (Å²) in [4.78, 5) is 3.97. The van der Waals surface area contributed by atoms with Gasteiger partial charge in [0.05, 0.1) is 5.69 Å². The summed E-state index contributed by atoms with van der Waals surface area (Å²) in [5, 5.41) is 12.0. The molecule has 1 aromatic heterocycles. The molecule has 0 amide bonds. The third-order valence-corrected chi connectivity index (χ3v) is 2.22. The van der Waals surface area contributed by atoms with Crippen molar-refractivity contribution in [1.82, 2.24) is 4.98 Å². The van der Waals surface area contributed by atoms with Crippen molar-refractivity contribution in [2.45, 2.75) is 0 Å². The molecule has 0 unspecified atom stereocenters. The molecule has 17 heavy (non-hydrogen) atoms. The van der Waals surface area contributed by atoms with Crippen molar-refractivity contribution in [2.24, 2.45) is 0 Å². The fourth-order valence-corrected chi connectivity index (χ4v) is 1.44. The second kappa shape index (κ2) is 4.83. The van der Waals surface area contributed by atoms with Gasteiger partial charge in [0.1, 0.15) is 6.07 Å². The average Bonchev–Trinajstić information content (AvgIpc) is 2.39. The maximum absolute atomic E-state index is 8.91. The Morgan fingerprint density at radius 3 is 2.88 bits per heavy atom. The quantitative estimate of drug-likeness (QED) is 0.790. The zero-order valence-electron chi connectivity index (χ0n) is 9.01. The second-order valence-corrected chi connectivity index (χ2v) is 3.36. The number of terminal acetylenes is 1. The Labute approximate surface area is 99.7 Å². The highest BCUT2D eigenvalue weighted by Gasteiger charge is 2.02. The largest absolute Gasteiger partial charge is 0.353 e. The number of nitriles is 1. The first kappa shape index (κ1) is 10.7. The van der Waals surface area contributed by atoms with Crippen LogP contribution in [0.3, 0.4) is 0 Å². The number of benzene rings is 1. The highest BCUT2D eigenvalue weighted by Crippen LogP contribution is 2.19. The van der Waals surface area contributed by atoms with Gasteiger partial charge in [-0.05, 0) is 30.3 Å². The smallest absolute Gasteiger partial charge is 0.163 e. The molecule has 0 aliphatic heterocycles. The van der Waals surface area contributed by atoms with E-state index >= 15 is 0 Å². The van der Waals surface area contributed by atoms with Gasteiger partial charge in [0.2, 0.25) is 0 Å². The Bertz CT molecular complexity index is 618. The summed E-state index contributed by atoms with van der Waals surface area (Å²) in [6.07, 6.45) is 6.91. The molecule has 2 rings (SSSR count). The van der Waals surface area contributed by atoms with Crippen LogP contribution in [-0.2, 0) is 0 Å². The zero-order valence-corrected chi connectivity index (χ0v) is 9.01. The number of rotatable bonds is 2. The van der Waals surface area contributed by atoms with Crippen molar-refractivity contribution >= 4 is 11.4 Å².